The second-order valence-electron chi connectivity index (χ2n) is 28.5. The summed E-state index contributed by atoms with van der Waals surface area (Å²) in [7, 11) is 3.02. The van der Waals surface area contributed by atoms with E-state index in [1.807, 2.05) is 28.5 Å². The molecule has 3 aromatic carbocycles. The molecule has 2 aliphatic carbocycles. The number of hydrogen-bond acceptors (Lipinski definition) is 12. The zero-order valence-electron chi connectivity index (χ0n) is 53.1. The Morgan fingerprint density at radius 3 is 1.83 bits per heavy atom. The van der Waals surface area contributed by atoms with Crippen molar-refractivity contribution in [3.8, 4) is 0 Å². The van der Waals surface area contributed by atoms with E-state index >= 15 is 0 Å². The van der Waals surface area contributed by atoms with E-state index in [0.717, 1.165) is 158 Å². The van der Waals surface area contributed by atoms with Crippen LogP contribution in [0.2, 0.25) is 0 Å². The monoisotopic (exact) mass is 1200 g/mol. The summed E-state index contributed by atoms with van der Waals surface area (Å²) < 4.78 is 35.1. The number of anilines is 3. The Morgan fingerprint density at radius 2 is 1.20 bits per heavy atom. The Hall–Kier alpha value is -5.49. The van der Waals surface area contributed by atoms with Crippen molar-refractivity contribution in [1.82, 2.24) is 24.5 Å². The average Bonchev–Trinajstić information content (AvgIpc) is 1.64. The molecule has 3 spiro atoms. The van der Waals surface area contributed by atoms with Crippen molar-refractivity contribution in [2.45, 2.75) is 183 Å². The van der Waals surface area contributed by atoms with Gasteiger partial charge in [-0.25, -0.2) is 18.8 Å². The van der Waals surface area contributed by atoms with Crippen LogP contribution in [0.15, 0.2) is 60.7 Å². The number of benzene rings is 3. The van der Waals surface area contributed by atoms with E-state index in [2.05, 4.69) is 69.4 Å². The van der Waals surface area contributed by atoms with Gasteiger partial charge in [0.05, 0.1) is 25.5 Å². The lowest BCUT2D eigenvalue weighted by atomic mass is 9.73. The summed E-state index contributed by atoms with van der Waals surface area (Å²) in [5.74, 6) is 2.65. The van der Waals surface area contributed by atoms with Gasteiger partial charge in [0.15, 0.2) is 0 Å². The number of carbonyl (C=O) groups excluding carboxylic acids is 4. The molecule has 6 saturated heterocycles. The lowest BCUT2D eigenvalue weighted by Crippen LogP contribution is -2.55. The predicted octanol–water partition coefficient (Wildman–Crippen LogP) is 11.5. The fourth-order valence-electron chi connectivity index (χ4n) is 18.3. The van der Waals surface area contributed by atoms with Gasteiger partial charge in [0.25, 0.3) is 0 Å². The highest BCUT2D eigenvalue weighted by molar-refractivity contribution is 5.95. The molecule has 9 aliphatic heterocycles. The number of halogens is 1. The molecular weight excluding hydrogens is 1100 g/mol. The van der Waals surface area contributed by atoms with Crippen molar-refractivity contribution in [3.63, 3.8) is 0 Å². The van der Waals surface area contributed by atoms with Crippen molar-refractivity contribution in [2.75, 3.05) is 121 Å². The Kier molecular flexibility index (Phi) is 18.6. The first kappa shape index (κ1) is 61.7. The van der Waals surface area contributed by atoms with E-state index in [-0.39, 0.29) is 59.5 Å². The normalized spacial score (nSPS) is 27.7. The average molecular weight is 1200 g/mol. The minimum Gasteiger partial charge on any atom is -0.453 e. The summed E-state index contributed by atoms with van der Waals surface area (Å²) in [4.78, 5) is 64.8. The number of aryl methyl sites for hydroxylation is 1. The van der Waals surface area contributed by atoms with Gasteiger partial charge in [0.1, 0.15) is 12.4 Å². The van der Waals surface area contributed by atoms with Crippen molar-refractivity contribution in [1.29, 1.82) is 0 Å². The van der Waals surface area contributed by atoms with Crippen LogP contribution in [-0.2, 0) is 40.0 Å². The van der Waals surface area contributed by atoms with Gasteiger partial charge in [0.2, 0.25) is 5.91 Å². The van der Waals surface area contributed by atoms with E-state index in [4.69, 9.17) is 18.9 Å². The molecule has 14 rings (SSSR count). The summed E-state index contributed by atoms with van der Waals surface area (Å²) in [5.41, 5.74) is 8.69. The third kappa shape index (κ3) is 12.9. The van der Waals surface area contributed by atoms with Crippen LogP contribution >= 0.6 is 0 Å². The number of methoxy groups -OCH3 is 2. The minimum atomic E-state index is -0.406. The molecule has 4 bridgehead atoms. The van der Waals surface area contributed by atoms with E-state index in [1.165, 1.54) is 81.6 Å². The molecule has 4 atom stereocenters. The number of fused-ring (bicyclic) bond motifs is 10. The summed E-state index contributed by atoms with van der Waals surface area (Å²) >= 11 is 0. The number of nitrogens with zero attached hydrogens (tertiary/aromatic N) is 7. The molecule has 1 N–H and O–H groups in total. The van der Waals surface area contributed by atoms with Crippen LogP contribution in [0.5, 0.6) is 0 Å². The van der Waals surface area contributed by atoms with Crippen molar-refractivity contribution >= 4 is 41.2 Å². The zero-order chi connectivity index (χ0) is 60.6. The van der Waals surface area contributed by atoms with Gasteiger partial charge in [-0.3, -0.25) is 9.69 Å². The van der Waals surface area contributed by atoms with Crippen LogP contribution in [0, 0.1) is 30.5 Å². The van der Waals surface area contributed by atoms with Crippen LogP contribution in [0.25, 0.3) is 0 Å². The maximum Gasteiger partial charge on any atom is 0.414 e. The largest absolute Gasteiger partial charge is 0.453 e. The Balaban J connectivity index is 0.000000131. The highest BCUT2D eigenvalue weighted by Crippen LogP contribution is 2.52. The Bertz CT molecular complexity index is 2900. The van der Waals surface area contributed by atoms with Crippen LogP contribution < -0.4 is 15.1 Å². The highest BCUT2D eigenvalue weighted by atomic mass is 19.1. The Labute approximate surface area is 517 Å². The van der Waals surface area contributed by atoms with E-state index in [0.29, 0.717) is 30.5 Å². The first-order chi connectivity index (χ1) is 42.0. The molecule has 0 aromatic heterocycles. The predicted molar refractivity (Wildman–Crippen MR) is 337 cm³/mol. The number of amides is 4. The molecule has 9 heterocycles. The third-order valence-corrected chi connectivity index (χ3v) is 23.0. The first-order valence-electron chi connectivity index (χ1n) is 33.5. The standard InChI is InChI=1S/C27H38FN3O5.C23H33N3O3.C20H28N2/c1-18(2)36-26(33)31-20-5-6-21(31)16-22(15-20)29-10-8-27(9-11-29)17-30(25(32)35-13-12-34-3)24-7-4-19(28)14-23(24)27;1-17-4-5-21-20(14-17)23(16-26(21)18(2)27)8-12-24(13-9-23)15-19-6-10-25(11-7-19)22(28)29-3;1-2-4-19-18(3-1)20(14-21-19)7-9-22(10-8-20)17-12-15-5-6-16(11-15)13-17/h4,7,14,18,20-22H,5-6,8-13,15-17H2,1-3H3;4-5,14,19H,6-13,15-16H2,1-3H3;1-4,15-17,21H,5-14H2. The first-order valence-corrected chi connectivity index (χ1v) is 33.5. The van der Waals surface area contributed by atoms with Crippen LogP contribution in [0.4, 0.5) is 35.8 Å². The molecule has 17 heteroatoms. The number of ether oxygens (including phenoxy) is 4. The van der Waals surface area contributed by atoms with Crippen LogP contribution in [0.1, 0.15) is 152 Å². The van der Waals surface area contributed by atoms with Crippen molar-refractivity contribution < 1.29 is 42.5 Å². The fourth-order valence-corrected chi connectivity index (χ4v) is 18.3. The summed E-state index contributed by atoms with van der Waals surface area (Å²) in [5, 5.41) is 3.66. The molecular formula is C70H99FN8O8. The van der Waals surface area contributed by atoms with Gasteiger partial charge < -0.3 is 53.7 Å². The topological polar surface area (TPSA) is 140 Å². The molecule has 2 saturated carbocycles. The maximum absolute atomic E-state index is 14.3. The summed E-state index contributed by atoms with van der Waals surface area (Å²) in [6, 6.07) is 22.1. The lowest BCUT2D eigenvalue weighted by molar-refractivity contribution is -0.116. The molecule has 11 aliphatic rings. The van der Waals surface area contributed by atoms with Gasteiger partial charge in [0, 0.05) is 105 Å². The second kappa shape index (κ2) is 26.2. The SMILES string of the molecule is COC(=O)N1CCC(CN2CCC3(CC2)CN(C(C)=O)c2ccc(C)cc23)CC1.COCCOC(=O)N1CC2(CCN(C3CC4CCC(C3)N4C(=O)OC(C)C)CC2)c2cc(F)ccc21.c1ccc2c(c1)NCC21CCN(C2CC3CCC(C3)C2)CC1. The number of nitrogens with one attached hydrogen (secondary N) is 1. The van der Waals surface area contributed by atoms with Gasteiger partial charge in [-0.05, 0) is 221 Å². The fraction of sp³-hybridized carbons (Fsp3) is 0.686. The van der Waals surface area contributed by atoms with E-state index in [9.17, 15) is 23.6 Å². The zero-order valence-corrected chi connectivity index (χ0v) is 53.1. The van der Waals surface area contributed by atoms with E-state index in [1.54, 1.807) is 43.1 Å². The van der Waals surface area contributed by atoms with Gasteiger partial charge in [-0.15, -0.1) is 0 Å². The molecule has 4 amide bonds. The minimum absolute atomic E-state index is 0.108. The third-order valence-electron chi connectivity index (χ3n) is 23.0. The summed E-state index contributed by atoms with van der Waals surface area (Å²) in [6.07, 6.45) is 19.5. The highest BCUT2D eigenvalue weighted by Gasteiger charge is 2.52. The van der Waals surface area contributed by atoms with E-state index < -0.39 is 6.09 Å². The molecule has 4 unspecified atom stereocenters. The molecule has 0 radical (unpaired) electrons. The van der Waals surface area contributed by atoms with Crippen molar-refractivity contribution in [2.24, 2.45) is 17.8 Å². The van der Waals surface area contributed by atoms with Crippen molar-refractivity contribution in [3.05, 3.63) is 88.7 Å². The molecule has 16 nitrogen and oxygen atoms in total. The summed E-state index contributed by atoms with van der Waals surface area (Å²) in [6.45, 7) is 19.9. The smallest absolute Gasteiger partial charge is 0.414 e. The van der Waals surface area contributed by atoms with Gasteiger partial charge in [-0.2, -0.15) is 0 Å². The Morgan fingerprint density at radius 1 is 0.609 bits per heavy atom. The second-order valence-corrected chi connectivity index (χ2v) is 28.5. The number of hydrogen-bond donors (Lipinski definition) is 1. The lowest BCUT2D eigenvalue weighted by Gasteiger charge is -2.47. The maximum atomic E-state index is 14.3. The van der Waals surface area contributed by atoms with Crippen LogP contribution in [-0.4, -0.2) is 185 Å². The van der Waals surface area contributed by atoms with Gasteiger partial charge in [-0.1, -0.05) is 48.7 Å². The molecule has 87 heavy (non-hydrogen) atoms. The number of para-hydroxylation sites is 1. The number of carbonyl (C=O) groups is 4. The molecule has 8 fully saturated rings. The quantitative estimate of drug-likeness (QED) is 0.170. The number of piperidine rings is 5. The number of likely N-dealkylation sites (tertiary alicyclic amines) is 4. The number of rotatable bonds is 8. The van der Waals surface area contributed by atoms with Crippen LogP contribution in [0.3, 0.4) is 0 Å². The molecule has 3 aromatic rings. The molecule has 474 valence electrons. The van der Waals surface area contributed by atoms with Gasteiger partial charge >= 0.3 is 18.3 Å².